The molecule has 114 valence electrons. The quantitative estimate of drug-likeness (QED) is 0.907. The van der Waals surface area contributed by atoms with E-state index in [0.29, 0.717) is 17.7 Å². The van der Waals surface area contributed by atoms with E-state index in [-0.39, 0.29) is 16.7 Å². The van der Waals surface area contributed by atoms with Crippen LogP contribution in [-0.2, 0) is 12.0 Å². The largest absolute Gasteiger partial charge is 0.336 e. The van der Waals surface area contributed by atoms with Crippen LogP contribution in [0.5, 0.6) is 0 Å². The highest BCUT2D eigenvalue weighted by molar-refractivity contribution is 5.70. The van der Waals surface area contributed by atoms with Crippen molar-refractivity contribution in [2.75, 3.05) is 0 Å². The number of H-pyrrole nitrogens is 2. The molecule has 0 radical (unpaired) electrons. The minimum atomic E-state index is -0.375. The van der Waals surface area contributed by atoms with E-state index in [1.54, 1.807) is 4.57 Å². The molecule has 0 aliphatic heterocycles. The second kappa shape index (κ2) is 5.16. The summed E-state index contributed by atoms with van der Waals surface area (Å²) in [6, 6.07) is 0. The lowest BCUT2D eigenvalue weighted by molar-refractivity contribution is 0.306. The first kappa shape index (κ1) is 14.1. The highest BCUT2D eigenvalue weighted by Crippen LogP contribution is 2.37. The number of imidazole rings is 1. The lowest BCUT2D eigenvalue weighted by Gasteiger charge is -2.31. The number of rotatable bonds is 3. The Hall–Kier alpha value is -1.85. The van der Waals surface area contributed by atoms with Gasteiger partial charge in [0.2, 0.25) is 0 Å². The van der Waals surface area contributed by atoms with Gasteiger partial charge in [0.05, 0.1) is 0 Å². The number of hydrogen-bond acceptors (Lipinski definition) is 3. The number of fused-ring (bicyclic) bond motifs is 1. The fourth-order valence-corrected chi connectivity index (χ4v) is 3.33. The molecule has 0 saturated heterocycles. The molecule has 0 unspecified atom stereocenters. The predicted molar refractivity (Wildman–Crippen MR) is 81.7 cm³/mol. The van der Waals surface area contributed by atoms with Crippen molar-refractivity contribution in [2.24, 2.45) is 0 Å². The third kappa shape index (κ3) is 2.32. The molecule has 1 saturated carbocycles. The van der Waals surface area contributed by atoms with Gasteiger partial charge in [0.15, 0.2) is 5.65 Å². The number of nitrogens with one attached hydrogen (secondary N) is 2. The van der Waals surface area contributed by atoms with Crippen molar-refractivity contribution in [1.82, 2.24) is 19.5 Å². The van der Waals surface area contributed by atoms with E-state index in [1.165, 1.54) is 19.3 Å². The van der Waals surface area contributed by atoms with Gasteiger partial charge in [-0.25, -0.2) is 9.78 Å². The van der Waals surface area contributed by atoms with Crippen LogP contribution in [0.15, 0.2) is 9.59 Å². The van der Waals surface area contributed by atoms with Gasteiger partial charge in [0.25, 0.3) is 5.56 Å². The van der Waals surface area contributed by atoms with Crippen molar-refractivity contribution < 1.29 is 0 Å². The molecule has 0 spiro atoms. The van der Waals surface area contributed by atoms with Crippen molar-refractivity contribution >= 4 is 11.2 Å². The van der Waals surface area contributed by atoms with Crippen LogP contribution in [-0.4, -0.2) is 19.5 Å². The normalized spacial score (nSPS) is 18.2. The molecule has 2 heterocycles. The van der Waals surface area contributed by atoms with Crippen LogP contribution in [0.1, 0.15) is 58.2 Å². The predicted octanol–water partition coefficient (Wildman–Crippen LogP) is 2.04. The van der Waals surface area contributed by atoms with E-state index >= 15 is 0 Å². The van der Waals surface area contributed by atoms with Gasteiger partial charge in [-0.3, -0.25) is 14.3 Å². The van der Waals surface area contributed by atoms with Crippen molar-refractivity contribution in [3.8, 4) is 0 Å². The van der Waals surface area contributed by atoms with Crippen molar-refractivity contribution in [1.29, 1.82) is 0 Å². The van der Waals surface area contributed by atoms with Crippen LogP contribution in [0.2, 0.25) is 0 Å². The van der Waals surface area contributed by atoms with Gasteiger partial charge in [-0.05, 0) is 19.3 Å². The highest BCUT2D eigenvalue weighted by Gasteiger charge is 2.32. The third-order valence-electron chi connectivity index (χ3n) is 4.61. The molecule has 21 heavy (non-hydrogen) atoms. The van der Waals surface area contributed by atoms with Gasteiger partial charge in [-0.2, -0.15) is 0 Å². The first-order valence-electron chi connectivity index (χ1n) is 7.78. The van der Waals surface area contributed by atoms with Gasteiger partial charge >= 0.3 is 5.69 Å². The Bertz CT molecular complexity index is 762. The van der Waals surface area contributed by atoms with Crippen LogP contribution in [0.4, 0.5) is 0 Å². The smallest absolute Gasteiger partial charge is 0.330 e. The van der Waals surface area contributed by atoms with E-state index in [0.717, 1.165) is 25.1 Å². The first-order chi connectivity index (χ1) is 10.0. The van der Waals surface area contributed by atoms with Gasteiger partial charge in [0, 0.05) is 12.0 Å². The zero-order valence-corrected chi connectivity index (χ0v) is 12.7. The molecule has 1 fully saturated rings. The number of aromatic amines is 2. The molecule has 1 aliphatic carbocycles. The molecule has 0 bridgehead atoms. The summed E-state index contributed by atoms with van der Waals surface area (Å²) in [5, 5.41) is 0. The van der Waals surface area contributed by atoms with Crippen LogP contribution in [0.3, 0.4) is 0 Å². The molecule has 2 aromatic heterocycles. The van der Waals surface area contributed by atoms with Crippen molar-refractivity contribution in [2.45, 2.75) is 64.3 Å². The first-order valence-corrected chi connectivity index (χ1v) is 7.78. The molecule has 6 heteroatoms. The zero-order chi connectivity index (χ0) is 15.0. The standard InChI is InChI=1S/C15H22N4O2/c1-3-9-19-11-10(12(20)18-14(19)21)16-13(17-11)15(2)7-5-4-6-8-15/h3-9H2,1-2H3,(H,16,17)(H,18,20,21). The Labute approximate surface area is 122 Å². The SMILES string of the molecule is CCCn1c(=O)[nH]c(=O)c2[nH]c(C3(C)CCCCC3)nc21. The monoisotopic (exact) mass is 290 g/mol. The Kier molecular flexibility index (Phi) is 3.47. The van der Waals surface area contributed by atoms with Gasteiger partial charge < -0.3 is 4.98 Å². The topological polar surface area (TPSA) is 83.5 Å². The summed E-state index contributed by atoms with van der Waals surface area (Å²) < 4.78 is 1.56. The maximum Gasteiger partial charge on any atom is 0.330 e. The van der Waals surface area contributed by atoms with Crippen LogP contribution in [0, 0.1) is 0 Å². The Balaban J connectivity index is 2.19. The van der Waals surface area contributed by atoms with E-state index in [1.807, 2.05) is 6.92 Å². The van der Waals surface area contributed by atoms with E-state index in [2.05, 4.69) is 21.9 Å². The van der Waals surface area contributed by atoms with E-state index < -0.39 is 0 Å². The average molecular weight is 290 g/mol. The van der Waals surface area contributed by atoms with Crippen LogP contribution in [0.25, 0.3) is 11.2 Å². The minimum absolute atomic E-state index is 0.0171. The summed E-state index contributed by atoms with van der Waals surface area (Å²) in [5.41, 5.74) is 0.149. The molecule has 0 atom stereocenters. The molecule has 2 N–H and O–H groups in total. The van der Waals surface area contributed by atoms with Crippen LogP contribution >= 0.6 is 0 Å². The lowest BCUT2D eigenvalue weighted by atomic mass is 9.75. The van der Waals surface area contributed by atoms with Gasteiger partial charge in [-0.1, -0.05) is 33.1 Å². The molecule has 0 amide bonds. The summed E-state index contributed by atoms with van der Waals surface area (Å²) in [7, 11) is 0. The fraction of sp³-hybridized carbons (Fsp3) is 0.667. The Morgan fingerprint density at radius 1 is 1.19 bits per heavy atom. The van der Waals surface area contributed by atoms with Gasteiger partial charge in [-0.15, -0.1) is 0 Å². The minimum Gasteiger partial charge on any atom is -0.336 e. The third-order valence-corrected chi connectivity index (χ3v) is 4.61. The zero-order valence-electron chi connectivity index (χ0n) is 12.7. The van der Waals surface area contributed by atoms with E-state index in [9.17, 15) is 9.59 Å². The highest BCUT2D eigenvalue weighted by atomic mass is 16.2. The van der Waals surface area contributed by atoms with Gasteiger partial charge in [0.1, 0.15) is 11.3 Å². The number of nitrogens with zero attached hydrogens (tertiary/aromatic N) is 2. The lowest BCUT2D eigenvalue weighted by Crippen LogP contribution is -2.30. The molecule has 6 nitrogen and oxygen atoms in total. The number of aromatic nitrogens is 4. The summed E-state index contributed by atoms with van der Waals surface area (Å²) in [6.07, 6.45) is 6.60. The molecule has 3 rings (SSSR count). The second-order valence-corrected chi connectivity index (χ2v) is 6.32. The Morgan fingerprint density at radius 3 is 2.57 bits per heavy atom. The maximum atomic E-state index is 12.0. The number of hydrogen-bond donors (Lipinski definition) is 2. The fourth-order valence-electron chi connectivity index (χ4n) is 3.33. The number of aryl methyl sites for hydroxylation is 1. The molecular weight excluding hydrogens is 268 g/mol. The maximum absolute atomic E-state index is 12.0. The summed E-state index contributed by atoms with van der Waals surface area (Å²) >= 11 is 0. The summed E-state index contributed by atoms with van der Waals surface area (Å²) in [6.45, 7) is 4.76. The average Bonchev–Trinajstić information content (AvgIpc) is 2.90. The van der Waals surface area contributed by atoms with Crippen LogP contribution < -0.4 is 11.2 Å². The van der Waals surface area contributed by atoms with E-state index in [4.69, 9.17) is 0 Å². The Morgan fingerprint density at radius 2 is 1.90 bits per heavy atom. The van der Waals surface area contributed by atoms with Crippen molar-refractivity contribution in [3.63, 3.8) is 0 Å². The molecule has 0 aromatic carbocycles. The molecule has 2 aromatic rings. The molecule has 1 aliphatic rings. The summed E-state index contributed by atoms with van der Waals surface area (Å²) in [5.74, 6) is 0.846. The molecular formula is C15H22N4O2. The van der Waals surface area contributed by atoms with Crippen molar-refractivity contribution in [3.05, 3.63) is 26.7 Å². The second-order valence-electron chi connectivity index (χ2n) is 6.32. The summed E-state index contributed by atoms with van der Waals surface area (Å²) in [4.78, 5) is 34.2.